The molecule has 0 aromatic carbocycles. The molecule has 0 saturated heterocycles. The van der Waals surface area contributed by atoms with Crippen LogP contribution in [0, 0.1) is 5.92 Å². The first kappa shape index (κ1) is 14.7. The molecule has 0 N–H and O–H groups in total. The van der Waals surface area contributed by atoms with E-state index in [1.165, 1.54) is 32.1 Å². The molecule has 17 heavy (non-hydrogen) atoms. The predicted molar refractivity (Wildman–Crippen MR) is 74.0 cm³/mol. The van der Waals surface area contributed by atoms with Crippen molar-refractivity contribution in [3.8, 4) is 0 Å². The third kappa shape index (κ3) is 4.44. The molecule has 1 aliphatic carbocycles. The Balaban J connectivity index is 2.46. The molecule has 0 aromatic rings. The van der Waals surface area contributed by atoms with Crippen molar-refractivity contribution in [1.82, 2.24) is 0 Å². The fourth-order valence-electron chi connectivity index (χ4n) is 2.97. The predicted octanol–water partition coefficient (Wildman–Crippen LogP) is 5.82. The molecule has 0 nitrogen and oxygen atoms in total. The highest BCUT2D eigenvalue weighted by molar-refractivity contribution is 5.21. The topological polar surface area (TPSA) is 0 Å². The lowest BCUT2D eigenvalue weighted by Gasteiger charge is -2.27. The summed E-state index contributed by atoms with van der Waals surface area (Å²) < 4.78 is 13.5. The molecule has 1 fully saturated rings. The molecular formula is C16H29F. The Morgan fingerprint density at radius 3 is 2.24 bits per heavy atom. The van der Waals surface area contributed by atoms with Gasteiger partial charge in [0.2, 0.25) is 0 Å². The number of halogens is 1. The lowest BCUT2D eigenvalue weighted by Crippen LogP contribution is -2.12. The van der Waals surface area contributed by atoms with Crippen LogP contribution in [0.2, 0.25) is 0 Å². The van der Waals surface area contributed by atoms with Crippen LogP contribution < -0.4 is 0 Å². The molecule has 100 valence electrons. The van der Waals surface area contributed by atoms with Gasteiger partial charge < -0.3 is 0 Å². The van der Waals surface area contributed by atoms with Crippen LogP contribution in [0.5, 0.6) is 0 Å². The van der Waals surface area contributed by atoms with Crippen LogP contribution in [-0.4, -0.2) is 6.17 Å². The molecule has 0 heterocycles. The summed E-state index contributed by atoms with van der Waals surface area (Å²) in [7, 11) is 0. The molecule has 0 amide bonds. The maximum Gasteiger partial charge on any atom is 0.100 e. The lowest BCUT2D eigenvalue weighted by atomic mass is 9.79. The van der Waals surface area contributed by atoms with E-state index < -0.39 is 6.17 Å². The van der Waals surface area contributed by atoms with Gasteiger partial charge in [-0.1, -0.05) is 38.3 Å². The second kappa shape index (κ2) is 7.89. The highest BCUT2D eigenvalue weighted by atomic mass is 19.1. The highest BCUT2D eigenvalue weighted by Crippen LogP contribution is 2.36. The fourth-order valence-corrected chi connectivity index (χ4v) is 2.97. The van der Waals surface area contributed by atoms with Crippen LogP contribution in [-0.2, 0) is 0 Å². The van der Waals surface area contributed by atoms with E-state index in [-0.39, 0.29) is 0 Å². The summed E-state index contributed by atoms with van der Waals surface area (Å²) in [5.41, 5.74) is 3.37. The van der Waals surface area contributed by atoms with Crippen molar-refractivity contribution >= 4 is 0 Å². The van der Waals surface area contributed by atoms with E-state index in [1.54, 1.807) is 11.1 Å². The van der Waals surface area contributed by atoms with Crippen molar-refractivity contribution in [2.45, 2.75) is 84.7 Å². The summed E-state index contributed by atoms with van der Waals surface area (Å²) in [6.45, 7) is 6.59. The summed E-state index contributed by atoms with van der Waals surface area (Å²) in [4.78, 5) is 0. The largest absolute Gasteiger partial charge is 0.247 e. The minimum atomic E-state index is -0.571. The average molecular weight is 240 g/mol. The maximum absolute atomic E-state index is 13.5. The van der Waals surface area contributed by atoms with Gasteiger partial charge in [0.05, 0.1) is 0 Å². The molecule has 2 atom stereocenters. The number of rotatable bonds is 8. The Morgan fingerprint density at radius 1 is 1.12 bits per heavy atom. The molecule has 0 aliphatic heterocycles. The van der Waals surface area contributed by atoms with Gasteiger partial charge in [-0.25, -0.2) is 4.39 Å². The third-order valence-corrected chi connectivity index (χ3v) is 4.21. The van der Waals surface area contributed by atoms with Crippen LogP contribution in [0.3, 0.4) is 0 Å². The molecule has 1 saturated carbocycles. The maximum atomic E-state index is 13.5. The van der Waals surface area contributed by atoms with Crippen molar-refractivity contribution in [2.24, 2.45) is 5.92 Å². The second-order valence-electron chi connectivity index (χ2n) is 5.40. The molecule has 0 aromatic heterocycles. The minimum Gasteiger partial charge on any atom is -0.247 e. The zero-order valence-electron chi connectivity index (χ0n) is 11.9. The fraction of sp³-hybridized carbons (Fsp3) is 0.875. The SMILES string of the molecule is CCC[C@@H](F)CCC(CC)C(CC)=C1CCC1. The average Bonchev–Trinajstić information content (AvgIpc) is 2.26. The van der Waals surface area contributed by atoms with E-state index in [9.17, 15) is 4.39 Å². The molecule has 1 heteroatoms. The van der Waals surface area contributed by atoms with Crippen molar-refractivity contribution in [3.63, 3.8) is 0 Å². The van der Waals surface area contributed by atoms with Crippen LogP contribution >= 0.6 is 0 Å². The molecular weight excluding hydrogens is 211 g/mol. The van der Waals surface area contributed by atoms with Crippen LogP contribution in [0.4, 0.5) is 4.39 Å². The number of allylic oxidation sites excluding steroid dienone is 2. The highest BCUT2D eigenvalue weighted by Gasteiger charge is 2.20. The van der Waals surface area contributed by atoms with Gasteiger partial charge in [0.25, 0.3) is 0 Å². The van der Waals surface area contributed by atoms with Gasteiger partial charge in [-0.05, 0) is 57.3 Å². The second-order valence-corrected chi connectivity index (χ2v) is 5.40. The van der Waals surface area contributed by atoms with Crippen LogP contribution in [0.15, 0.2) is 11.1 Å². The first-order valence-electron chi connectivity index (χ1n) is 7.57. The smallest absolute Gasteiger partial charge is 0.100 e. The van der Waals surface area contributed by atoms with Gasteiger partial charge in [-0.15, -0.1) is 0 Å². The van der Waals surface area contributed by atoms with Crippen LogP contribution in [0.1, 0.15) is 78.6 Å². The van der Waals surface area contributed by atoms with Gasteiger partial charge in [0.1, 0.15) is 6.17 Å². The summed E-state index contributed by atoms with van der Waals surface area (Å²) in [6.07, 6.45) is 9.34. The zero-order valence-corrected chi connectivity index (χ0v) is 11.9. The Labute approximate surface area is 107 Å². The van der Waals surface area contributed by atoms with Gasteiger partial charge in [-0.2, -0.15) is 0 Å². The van der Waals surface area contributed by atoms with Crippen LogP contribution in [0.25, 0.3) is 0 Å². The quantitative estimate of drug-likeness (QED) is 0.469. The summed E-state index contributed by atoms with van der Waals surface area (Å²) >= 11 is 0. The molecule has 0 spiro atoms. The van der Waals surface area contributed by atoms with Gasteiger partial charge in [0, 0.05) is 0 Å². The summed E-state index contributed by atoms with van der Waals surface area (Å²) in [5.74, 6) is 0.658. The molecule has 1 rings (SSSR count). The minimum absolute atomic E-state index is 0.571. The first-order chi connectivity index (χ1) is 8.22. The van der Waals surface area contributed by atoms with E-state index in [4.69, 9.17) is 0 Å². The third-order valence-electron chi connectivity index (χ3n) is 4.21. The Morgan fingerprint density at radius 2 is 1.82 bits per heavy atom. The standard InChI is InChI=1S/C16H29F/c1-4-8-15(17)12-11-13(5-2)16(6-3)14-9-7-10-14/h13,15H,4-12H2,1-3H3/t13?,15-/m1/s1. The number of hydrogen-bond acceptors (Lipinski definition) is 0. The molecule has 0 radical (unpaired) electrons. The van der Waals surface area contributed by atoms with E-state index in [0.717, 1.165) is 25.7 Å². The Hall–Kier alpha value is -0.330. The summed E-state index contributed by atoms with van der Waals surface area (Å²) in [5, 5.41) is 0. The van der Waals surface area contributed by atoms with Gasteiger partial charge in [0.15, 0.2) is 0 Å². The molecule has 0 bridgehead atoms. The van der Waals surface area contributed by atoms with Gasteiger partial charge in [-0.3, -0.25) is 0 Å². The monoisotopic (exact) mass is 240 g/mol. The van der Waals surface area contributed by atoms with Crippen molar-refractivity contribution in [3.05, 3.63) is 11.1 Å². The molecule has 1 unspecified atom stereocenters. The van der Waals surface area contributed by atoms with Crippen molar-refractivity contribution in [1.29, 1.82) is 0 Å². The van der Waals surface area contributed by atoms with Crippen molar-refractivity contribution < 1.29 is 4.39 Å². The molecule has 1 aliphatic rings. The van der Waals surface area contributed by atoms with Crippen molar-refractivity contribution in [2.75, 3.05) is 0 Å². The van der Waals surface area contributed by atoms with Gasteiger partial charge >= 0.3 is 0 Å². The van der Waals surface area contributed by atoms with E-state index in [1.807, 2.05) is 0 Å². The van der Waals surface area contributed by atoms with E-state index in [0.29, 0.717) is 5.92 Å². The van der Waals surface area contributed by atoms with E-state index >= 15 is 0 Å². The number of hydrogen-bond donors (Lipinski definition) is 0. The van der Waals surface area contributed by atoms with E-state index in [2.05, 4.69) is 20.8 Å². The number of alkyl halides is 1. The Kier molecular flexibility index (Phi) is 6.84. The Bertz CT molecular complexity index is 236. The first-order valence-corrected chi connectivity index (χ1v) is 7.57. The lowest BCUT2D eigenvalue weighted by molar-refractivity contribution is 0.273. The summed E-state index contributed by atoms with van der Waals surface area (Å²) in [6, 6.07) is 0. The normalized spacial score (nSPS) is 18.7. The zero-order chi connectivity index (χ0) is 12.7.